The van der Waals surface area contributed by atoms with Gasteiger partial charge in [-0.1, -0.05) is 0 Å². The first kappa shape index (κ1) is 13.8. The number of carbonyl (C=O) groups is 2. The van der Waals surface area contributed by atoms with E-state index in [1.165, 1.54) is 18.9 Å². The molecule has 2 amide bonds. The SMILES string of the molecule is CC(NC(=O)N(C)C(C)C(=O)O)C1CCCO1. The molecule has 1 saturated heterocycles. The van der Waals surface area contributed by atoms with Gasteiger partial charge in [-0.05, 0) is 26.7 Å². The van der Waals surface area contributed by atoms with E-state index in [9.17, 15) is 9.59 Å². The lowest BCUT2D eigenvalue weighted by molar-refractivity contribution is -0.141. The molecule has 3 atom stereocenters. The number of aliphatic carboxylic acids is 1. The van der Waals surface area contributed by atoms with Crippen LogP contribution in [-0.4, -0.2) is 53.8 Å². The van der Waals surface area contributed by atoms with Gasteiger partial charge in [-0.25, -0.2) is 9.59 Å². The first-order valence-electron chi connectivity index (χ1n) is 5.81. The quantitative estimate of drug-likeness (QED) is 0.761. The number of urea groups is 1. The molecule has 1 fully saturated rings. The first-order chi connectivity index (χ1) is 7.93. The van der Waals surface area contributed by atoms with E-state index in [0.717, 1.165) is 19.4 Å². The van der Waals surface area contributed by atoms with E-state index >= 15 is 0 Å². The van der Waals surface area contributed by atoms with Gasteiger partial charge in [-0.2, -0.15) is 0 Å². The van der Waals surface area contributed by atoms with Crippen molar-refractivity contribution in [3.63, 3.8) is 0 Å². The van der Waals surface area contributed by atoms with Crippen molar-refractivity contribution in [3.8, 4) is 0 Å². The molecule has 0 radical (unpaired) electrons. The lowest BCUT2D eigenvalue weighted by Crippen LogP contribution is -2.50. The minimum Gasteiger partial charge on any atom is -0.480 e. The second kappa shape index (κ2) is 5.86. The number of carbonyl (C=O) groups excluding carboxylic acids is 1. The van der Waals surface area contributed by atoms with Gasteiger partial charge in [0.15, 0.2) is 0 Å². The summed E-state index contributed by atoms with van der Waals surface area (Å²) in [5.41, 5.74) is 0. The van der Waals surface area contributed by atoms with E-state index in [0.29, 0.717) is 0 Å². The Kier molecular flexibility index (Phi) is 4.74. The minimum absolute atomic E-state index is 0.0347. The lowest BCUT2D eigenvalue weighted by atomic mass is 10.1. The highest BCUT2D eigenvalue weighted by molar-refractivity contribution is 5.82. The number of nitrogens with one attached hydrogen (secondary N) is 1. The standard InChI is InChI=1S/C11H20N2O4/c1-7(9-5-4-6-17-9)12-11(16)13(3)8(2)10(14)15/h7-9H,4-6H2,1-3H3,(H,12,16)(H,14,15). The van der Waals surface area contributed by atoms with Crippen LogP contribution in [0.2, 0.25) is 0 Å². The summed E-state index contributed by atoms with van der Waals surface area (Å²) in [4.78, 5) is 23.7. The maximum absolute atomic E-state index is 11.8. The average Bonchev–Trinajstić information content (AvgIpc) is 2.80. The molecule has 0 aromatic rings. The molecular weight excluding hydrogens is 224 g/mol. The topological polar surface area (TPSA) is 78.9 Å². The molecule has 17 heavy (non-hydrogen) atoms. The van der Waals surface area contributed by atoms with Crippen LogP contribution in [0.4, 0.5) is 4.79 Å². The Morgan fingerprint density at radius 2 is 2.12 bits per heavy atom. The molecule has 1 aliphatic rings. The predicted octanol–water partition coefficient (Wildman–Crippen LogP) is 0.668. The van der Waals surface area contributed by atoms with Gasteiger partial charge in [-0.15, -0.1) is 0 Å². The highest BCUT2D eigenvalue weighted by Gasteiger charge is 2.27. The van der Waals surface area contributed by atoms with Crippen LogP contribution in [0.5, 0.6) is 0 Å². The van der Waals surface area contributed by atoms with Crippen LogP contribution >= 0.6 is 0 Å². The number of carboxylic acid groups (broad SMARTS) is 1. The molecule has 0 bridgehead atoms. The zero-order valence-electron chi connectivity index (χ0n) is 10.5. The monoisotopic (exact) mass is 244 g/mol. The van der Waals surface area contributed by atoms with Gasteiger partial charge in [0.25, 0.3) is 0 Å². The lowest BCUT2D eigenvalue weighted by Gasteiger charge is -2.26. The van der Waals surface area contributed by atoms with Crippen LogP contribution < -0.4 is 5.32 Å². The molecule has 1 aliphatic heterocycles. The van der Waals surface area contributed by atoms with E-state index in [-0.39, 0.29) is 18.2 Å². The molecule has 2 N–H and O–H groups in total. The Bertz CT molecular complexity index is 289. The van der Waals surface area contributed by atoms with Crippen LogP contribution in [-0.2, 0) is 9.53 Å². The Labute approximate surface area is 101 Å². The van der Waals surface area contributed by atoms with Crippen molar-refractivity contribution < 1.29 is 19.4 Å². The fourth-order valence-electron chi connectivity index (χ4n) is 1.73. The smallest absolute Gasteiger partial charge is 0.326 e. The molecule has 98 valence electrons. The maximum Gasteiger partial charge on any atom is 0.326 e. The van der Waals surface area contributed by atoms with Gasteiger partial charge in [0.05, 0.1) is 12.1 Å². The number of hydrogen-bond acceptors (Lipinski definition) is 3. The van der Waals surface area contributed by atoms with E-state index in [1.807, 2.05) is 6.92 Å². The van der Waals surface area contributed by atoms with E-state index in [1.54, 1.807) is 0 Å². The van der Waals surface area contributed by atoms with Crippen LogP contribution in [0.25, 0.3) is 0 Å². The molecule has 3 unspecified atom stereocenters. The van der Waals surface area contributed by atoms with Gasteiger partial charge in [0.2, 0.25) is 0 Å². The normalized spacial score (nSPS) is 22.9. The third kappa shape index (κ3) is 3.59. The van der Waals surface area contributed by atoms with E-state index in [2.05, 4.69) is 5.32 Å². The largest absolute Gasteiger partial charge is 0.480 e. The third-order valence-electron chi connectivity index (χ3n) is 3.13. The maximum atomic E-state index is 11.8. The van der Waals surface area contributed by atoms with Gasteiger partial charge >= 0.3 is 12.0 Å². The zero-order valence-corrected chi connectivity index (χ0v) is 10.5. The number of hydrogen-bond donors (Lipinski definition) is 2. The molecule has 0 aromatic carbocycles. The van der Waals surface area contributed by atoms with Crippen LogP contribution in [0.15, 0.2) is 0 Å². The molecular formula is C11H20N2O4. The fourth-order valence-corrected chi connectivity index (χ4v) is 1.73. The number of amides is 2. The second-order valence-corrected chi connectivity index (χ2v) is 4.41. The zero-order chi connectivity index (χ0) is 13.0. The Balaban J connectivity index is 2.44. The van der Waals surface area contributed by atoms with Crippen molar-refractivity contribution in [2.75, 3.05) is 13.7 Å². The van der Waals surface area contributed by atoms with Crippen molar-refractivity contribution in [1.29, 1.82) is 0 Å². The molecule has 6 heteroatoms. The molecule has 6 nitrogen and oxygen atoms in total. The Morgan fingerprint density at radius 3 is 2.59 bits per heavy atom. The molecule has 1 heterocycles. The summed E-state index contributed by atoms with van der Waals surface area (Å²) >= 11 is 0. The van der Waals surface area contributed by atoms with Crippen LogP contribution in [0.1, 0.15) is 26.7 Å². The number of likely N-dealkylation sites (N-methyl/N-ethyl adjacent to an activating group) is 1. The Hall–Kier alpha value is -1.30. The molecule has 0 aromatic heterocycles. The van der Waals surface area contributed by atoms with Gasteiger partial charge in [0.1, 0.15) is 6.04 Å². The van der Waals surface area contributed by atoms with Crippen molar-refractivity contribution in [3.05, 3.63) is 0 Å². The summed E-state index contributed by atoms with van der Waals surface area (Å²) in [6.07, 6.45) is 1.97. The minimum atomic E-state index is -1.02. The van der Waals surface area contributed by atoms with Crippen LogP contribution in [0.3, 0.4) is 0 Å². The highest BCUT2D eigenvalue weighted by atomic mass is 16.5. The summed E-state index contributed by atoms with van der Waals surface area (Å²) in [6, 6.07) is -1.33. The molecule has 0 spiro atoms. The van der Waals surface area contributed by atoms with E-state index in [4.69, 9.17) is 9.84 Å². The number of ether oxygens (including phenoxy) is 1. The van der Waals surface area contributed by atoms with Crippen LogP contribution in [0, 0.1) is 0 Å². The van der Waals surface area contributed by atoms with Gasteiger partial charge in [-0.3, -0.25) is 0 Å². The number of carboxylic acids is 1. The van der Waals surface area contributed by atoms with Gasteiger partial charge < -0.3 is 20.1 Å². The number of nitrogens with zero attached hydrogens (tertiary/aromatic N) is 1. The first-order valence-corrected chi connectivity index (χ1v) is 5.81. The van der Waals surface area contributed by atoms with Crippen molar-refractivity contribution in [2.24, 2.45) is 0 Å². The average molecular weight is 244 g/mol. The molecule has 1 rings (SSSR count). The Morgan fingerprint density at radius 1 is 1.47 bits per heavy atom. The summed E-state index contributed by atoms with van der Waals surface area (Å²) < 4.78 is 5.45. The highest BCUT2D eigenvalue weighted by Crippen LogP contribution is 2.15. The summed E-state index contributed by atoms with van der Waals surface area (Å²) in [5.74, 6) is -1.02. The third-order valence-corrected chi connectivity index (χ3v) is 3.13. The summed E-state index contributed by atoms with van der Waals surface area (Å²) in [6.45, 7) is 4.07. The van der Waals surface area contributed by atoms with Crippen molar-refractivity contribution >= 4 is 12.0 Å². The summed E-state index contributed by atoms with van der Waals surface area (Å²) in [7, 11) is 1.47. The summed E-state index contributed by atoms with van der Waals surface area (Å²) in [5, 5.41) is 11.6. The van der Waals surface area contributed by atoms with Gasteiger partial charge in [0, 0.05) is 13.7 Å². The molecule has 0 aliphatic carbocycles. The second-order valence-electron chi connectivity index (χ2n) is 4.41. The van der Waals surface area contributed by atoms with Crippen molar-refractivity contribution in [1.82, 2.24) is 10.2 Å². The van der Waals surface area contributed by atoms with Crippen molar-refractivity contribution in [2.45, 2.75) is 44.9 Å². The number of rotatable bonds is 4. The predicted molar refractivity (Wildman–Crippen MR) is 61.8 cm³/mol. The fraction of sp³-hybridized carbons (Fsp3) is 0.818. The molecule has 0 saturated carbocycles. The van der Waals surface area contributed by atoms with E-state index < -0.39 is 12.0 Å².